The lowest BCUT2D eigenvalue weighted by Crippen LogP contribution is -2.42. The summed E-state index contributed by atoms with van der Waals surface area (Å²) in [5, 5.41) is 21.4. The zero-order chi connectivity index (χ0) is 24.9. The molecule has 2 heterocycles. The number of hydroxylamine groups is 2. The number of carbonyl (C=O) groups excluding carboxylic acids is 1. The number of halogens is 2. The van der Waals surface area contributed by atoms with Crippen LogP contribution in [0.1, 0.15) is 22.9 Å². The van der Waals surface area contributed by atoms with Crippen molar-refractivity contribution in [2.75, 3.05) is 32.1 Å². The molecule has 0 spiro atoms. The van der Waals surface area contributed by atoms with Crippen molar-refractivity contribution in [3.8, 4) is 5.69 Å². The van der Waals surface area contributed by atoms with Gasteiger partial charge >= 0.3 is 6.03 Å². The number of aliphatic hydroxyl groups is 1. The molecular formula is C24H27F2N5O4. The molecule has 1 aliphatic rings. The number of amides is 2. The first kappa shape index (κ1) is 24.7. The van der Waals surface area contributed by atoms with Gasteiger partial charge in [-0.15, -0.1) is 0 Å². The topological polar surface area (TPSA) is 101 Å². The van der Waals surface area contributed by atoms with Gasteiger partial charge in [-0.25, -0.2) is 18.3 Å². The van der Waals surface area contributed by atoms with E-state index in [4.69, 9.17) is 9.57 Å². The smallest absolute Gasteiger partial charge is 0.320 e. The van der Waals surface area contributed by atoms with Crippen molar-refractivity contribution < 1.29 is 28.3 Å². The summed E-state index contributed by atoms with van der Waals surface area (Å²) in [6, 6.07) is 11.6. The number of urea groups is 1. The van der Waals surface area contributed by atoms with E-state index in [1.54, 1.807) is 23.8 Å². The molecule has 0 unspecified atom stereocenters. The third kappa shape index (κ3) is 5.49. The highest BCUT2D eigenvalue weighted by molar-refractivity contribution is 5.90. The molecule has 1 fully saturated rings. The molecule has 4 rings (SSSR count). The largest absolute Gasteiger partial charge is 0.390 e. The van der Waals surface area contributed by atoms with Crippen LogP contribution in [-0.4, -0.2) is 58.8 Å². The summed E-state index contributed by atoms with van der Waals surface area (Å²) in [7, 11) is 1.56. The molecule has 0 bridgehead atoms. The van der Waals surface area contributed by atoms with Gasteiger partial charge in [-0.05, 0) is 36.8 Å². The average molecular weight is 488 g/mol. The van der Waals surface area contributed by atoms with Crippen LogP contribution in [0, 0.1) is 18.6 Å². The van der Waals surface area contributed by atoms with Gasteiger partial charge in [-0.2, -0.15) is 10.2 Å². The zero-order valence-corrected chi connectivity index (χ0v) is 19.4. The second-order valence-electron chi connectivity index (χ2n) is 8.11. The van der Waals surface area contributed by atoms with E-state index >= 15 is 0 Å². The molecule has 2 aromatic carbocycles. The molecule has 0 radical (unpaired) electrons. The lowest BCUT2D eigenvalue weighted by molar-refractivity contribution is -0.154. The van der Waals surface area contributed by atoms with E-state index in [-0.39, 0.29) is 6.61 Å². The van der Waals surface area contributed by atoms with Crippen LogP contribution >= 0.6 is 0 Å². The molecular weight excluding hydrogens is 460 g/mol. The number of benzene rings is 2. The number of rotatable bonds is 8. The van der Waals surface area contributed by atoms with Crippen LogP contribution in [0.4, 0.5) is 19.4 Å². The molecule has 1 saturated heterocycles. The van der Waals surface area contributed by atoms with Crippen molar-refractivity contribution in [1.82, 2.24) is 20.2 Å². The average Bonchev–Trinajstić information content (AvgIpc) is 3.40. The summed E-state index contributed by atoms with van der Waals surface area (Å²) >= 11 is 0. The van der Waals surface area contributed by atoms with Crippen molar-refractivity contribution in [3.63, 3.8) is 0 Å². The fourth-order valence-corrected chi connectivity index (χ4v) is 3.94. The maximum Gasteiger partial charge on any atom is 0.320 e. The van der Waals surface area contributed by atoms with E-state index in [0.29, 0.717) is 48.0 Å². The predicted octanol–water partition coefficient (Wildman–Crippen LogP) is 3.08. The second kappa shape index (κ2) is 10.9. The van der Waals surface area contributed by atoms with Gasteiger partial charge < -0.3 is 15.2 Å². The van der Waals surface area contributed by atoms with Crippen molar-refractivity contribution in [2.24, 2.45) is 0 Å². The van der Waals surface area contributed by atoms with Gasteiger partial charge in [0, 0.05) is 25.8 Å². The molecule has 2 amide bonds. The van der Waals surface area contributed by atoms with Crippen molar-refractivity contribution in [1.29, 1.82) is 0 Å². The van der Waals surface area contributed by atoms with Crippen LogP contribution in [0.15, 0.2) is 48.5 Å². The Kier molecular flexibility index (Phi) is 7.71. The van der Waals surface area contributed by atoms with Gasteiger partial charge in [-0.3, -0.25) is 10.2 Å². The summed E-state index contributed by atoms with van der Waals surface area (Å²) in [6.45, 7) is 2.59. The number of hydrogen-bond donors (Lipinski definition) is 3. The minimum Gasteiger partial charge on any atom is -0.390 e. The normalized spacial score (nSPS) is 18.1. The Bertz CT molecular complexity index is 1170. The maximum atomic E-state index is 13.9. The lowest BCUT2D eigenvalue weighted by atomic mass is 10.0. The van der Waals surface area contributed by atoms with Crippen molar-refractivity contribution >= 4 is 11.8 Å². The Labute approximate surface area is 201 Å². The molecule has 186 valence electrons. The highest BCUT2D eigenvalue weighted by Crippen LogP contribution is 2.30. The molecule has 2 atom stereocenters. The molecule has 0 saturated carbocycles. The summed E-state index contributed by atoms with van der Waals surface area (Å²) in [4.78, 5) is 19.0. The third-order valence-electron chi connectivity index (χ3n) is 5.76. The highest BCUT2D eigenvalue weighted by Gasteiger charge is 2.37. The first-order valence-corrected chi connectivity index (χ1v) is 11.1. The Morgan fingerprint density at radius 3 is 2.69 bits per heavy atom. The standard InChI is InChI=1S/C24H27F2N5O4/c1-15-21(14-32)29-31(17-6-4-3-5-7-17)23(15)28-24(33)27-20-13-30(10-11-34-2)35-22(20)16-8-9-18(25)19(26)12-16/h3-9,12,20,22,32H,10-11,13-14H2,1-2H3,(H2,27,28,33)/t20-,22+/m1/s1. The second-order valence-corrected chi connectivity index (χ2v) is 8.11. The first-order valence-electron chi connectivity index (χ1n) is 11.1. The summed E-state index contributed by atoms with van der Waals surface area (Å²) in [6.07, 6.45) is -0.735. The van der Waals surface area contributed by atoms with E-state index < -0.39 is 29.8 Å². The molecule has 11 heteroatoms. The Hall–Kier alpha value is -3.38. The molecule has 35 heavy (non-hydrogen) atoms. The molecule has 9 nitrogen and oxygen atoms in total. The third-order valence-corrected chi connectivity index (χ3v) is 5.76. The van der Waals surface area contributed by atoms with Gasteiger partial charge in [0.2, 0.25) is 0 Å². The van der Waals surface area contributed by atoms with Crippen molar-refractivity contribution in [2.45, 2.75) is 25.7 Å². The fourth-order valence-electron chi connectivity index (χ4n) is 3.94. The summed E-state index contributed by atoms with van der Waals surface area (Å²) in [5.41, 5.74) is 2.15. The van der Waals surface area contributed by atoms with E-state index in [0.717, 1.165) is 12.1 Å². The van der Waals surface area contributed by atoms with Gasteiger partial charge in [0.1, 0.15) is 11.9 Å². The number of hydrogen-bond acceptors (Lipinski definition) is 6. The van der Waals surface area contributed by atoms with E-state index in [2.05, 4.69) is 15.7 Å². The number of nitrogens with one attached hydrogen (secondary N) is 2. The maximum absolute atomic E-state index is 13.9. The predicted molar refractivity (Wildman–Crippen MR) is 124 cm³/mol. The fraction of sp³-hybridized carbons (Fsp3) is 0.333. The molecule has 3 aromatic rings. The molecule has 1 aromatic heterocycles. The van der Waals surface area contributed by atoms with E-state index in [9.17, 15) is 18.7 Å². The number of carbonyl (C=O) groups is 1. The zero-order valence-electron chi connectivity index (χ0n) is 19.4. The number of ether oxygens (including phenoxy) is 1. The van der Waals surface area contributed by atoms with Gasteiger partial charge in [0.25, 0.3) is 0 Å². The van der Waals surface area contributed by atoms with Crippen LogP contribution in [0.2, 0.25) is 0 Å². The molecule has 1 aliphatic heterocycles. The summed E-state index contributed by atoms with van der Waals surface area (Å²) in [5.74, 6) is -1.56. The highest BCUT2D eigenvalue weighted by atomic mass is 19.2. The molecule has 3 N–H and O–H groups in total. The number of methoxy groups -OCH3 is 1. The van der Waals surface area contributed by atoms with Gasteiger partial charge in [-0.1, -0.05) is 24.3 Å². The number of aliphatic hydroxyl groups excluding tert-OH is 1. The quantitative estimate of drug-likeness (QED) is 0.452. The van der Waals surface area contributed by atoms with Gasteiger partial charge in [0.15, 0.2) is 11.6 Å². The van der Waals surface area contributed by atoms with Crippen LogP contribution in [0.25, 0.3) is 5.69 Å². The number of para-hydroxylation sites is 1. The van der Waals surface area contributed by atoms with Crippen molar-refractivity contribution in [3.05, 3.63) is 77.0 Å². The Balaban J connectivity index is 1.56. The minimum absolute atomic E-state index is 0.287. The molecule has 0 aliphatic carbocycles. The number of nitrogens with zero attached hydrogens (tertiary/aromatic N) is 3. The van der Waals surface area contributed by atoms with Crippen LogP contribution in [0.3, 0.4) is 0 Å². The van der Waals surface area contributed by atoms with Crippen LogP contribution < -0.4 is 10.6 Å². The Morgan fingerprint density at radius 2 is 2.00 bits per heavy atom. The monoisotopic (exact) mass is 487 g/mol. The van der Waals surface area contributed by atoms with Crippen LogP contribution in [0.5, 0.6) is 0 Å². The van der Waals surface area contributed by atoms with E-state index in [1.807, 2.05) is 30.3 Å². The Morgan fingerprint density at radius 1 is 1.23 bits per heavy atom. The first-order chi connectivity index (χ1) is 16.9. The van der Waals surface area contributed by atoms with Crippen LogP contribution in [-0.2, 0) is 16.2 Å². The van der Waals surface area contributed by atoms with Gasteiger partial charge in [0.05, 0.1) is 30.6 Å². The minimum atomic E-state index is -0.997. The lowest BCUT2D eigenvalue weighted by Gasteiger charge is -2.20. The van der Waals surface area contributed by atoms with E-state index in [1.165, 1.54) is 6.07 Å². The number of anilines is 1. The summed E-state index contributed by atoms with van der Waals surface area (Å²) < 4.78 is 34.0. The SMILES string of the molecule is COCCN1C[C@@H](NC(=O)Nc2c(C)c(CO)nn2-c2ccccc2)[C@H](c2ccc(F)c(F)c2)O1. The number of aromatic nitrogens is 2.